The number of aromatic nitrogens is 2. The first-order chi connectivity index (χ1) is 8.11. The lowest BCUT2D eigenvalue weighted by atomic mass is 10.2. The van der Waals surface area contributed by atoms with E-state index in [0.717, 1.165) is 5.69 Å². The second kappa shape index (κ2) is 4.47. The number of hydrogen-bond donors (Lipinski definition) is 2. The van der Waals surface area contributed by atoms with Crippen molar-refractivity contribution in [2.45, 2.75) is 0 Å². The van der Waals surface area contributed by atoms with Gasteiger partial charge in [0, 0.05) is 25.0 Å². The van der Waals surface area contributed by atoms with Gasteiger partial charge in [0.2, 0.25) is 0 Å². The molecule has 6 heteroatoms. The molecule has 17 heavy (non-hydrogen) atoms. The summed E-state index contributed by atoms with van der Waals surface area (Å²) in [5.74, 6) is 0. The second-order valence-corrected chi connectivity index (χ2v) is 3.80. The lowest BCUT2D eigenvalue weighted by molar-refractivity contribution is 0.896. The number of rotatable bonds is 2. The number of nitrogens with zero attached hydrogens (tertiary/aromatic N) is 1. The number of hydrogen-bond acceptors (Lipinski definition) is 3. The van der Waals surface area contributed by atoms with Crippen molar-refractivity contribution in [3.05, 3.63) is 56.3 Å². The fourth-order valence-electron chi connectivity index (χ4n) is 1.46. The SMILES string of the molecule is CNc1ccc(-n2ccc(=O)[nH]c2=O)c(Cl)c1. The van der Waals surface area contributed by atoms with E-state index in [2.05, 4.69) is 10.3 Å². The van der Waals surface area contributed by atoms with Crippen molar-refractivity contribution in [3.8, 4) is 5.69 Å². The average molecular weight is 252 g/mol. The number of nitrogens with one attached hydrogen (secondary N) is 2. The van der Waals surface area contributed by atoms with Crippen LogP contribution in [0.1, 0.15) is 0 Å². The molecule has 0 aliphatic rings. The number of benzene rings is 1. The van der Waals surface area contributed by atoms with Crippen LogP contribution in [0.15, 0.2) is 40.1 Å². The molecule has 88 valence electrons. The van der Waals surface area contributed by atoms with E-state index in [9.17, 15) is 9.59 Å². The summed E-state index contributed by atoms with van der Waals surface area (Å²) >= 11 is 6.06. The van der Waals surface area contributed by atoms with E-state index in [1.807, 2.05) is 0 Å². The summed E-state index contributed by atoms with van der Waals surface area (Å²) < 4.78 is 1.28. The highest BCUT2D eigenvalue weighted by atomic mass is 35.5. The Bertz CT molecular complexity index is 660. The van der Waals surface area contributed by atoms with E-state index in [1.54, 1.807) is 25.2 Å². The Hall–Kier alpha value is -2.01. The van der Waals surface area contributed by atoms with Crippen molar-refractivity contribution in [2.75, 3.05) is 12.4 Å². The number of halogens is 1. The minimum Gasteiger partial charge on any atom is -0.388 e. The maximum Gasteiger partial charge on any atom is 0.332 e. The van der Waals surface area contributed by atoms with Crippen molar-refractivity contribution >= 4 is 17.3 Å². The van der Waals surface area contributed by atoms with E-state index in [1.165, 1.54) is 16.8 Å². The van der Waals surface area contributed by atoms with Crippen molar-refractivity contribution in [2.24, 2.45) is 0 Å². The molecule has 0 saturated heterocycles. The van der Waals surface area contributed by atoms with Crippen LogP contribution >= 0.6 is 11.6 Å². The average Bonchev–Trinajstić information content (AvgIpc) is 2.30. The molecule has 0 spiro atoms. The Labute approximate surface area is 102 Å². The van der Waals surface area contributed by atoms with E-state index < -0.39 is 11.2 Å². The zero-order valence-electron chi connectivity index (χ0n) is 9.03. The number of aromatic amines is 1. The highest BCUT2D eigenvalue weighted by Gasteiger charge is 2.05. The Kier molecular flexibility index (Phi) is 3.01. The monoisotopic (exact) mass is 251 g/mol. The molecule has 0 saturated carbocycles. The molecule has 0 fully saturated rings. The van der Waals surface area contributed by atoms with E-state index in [-0.39, 0.29) is 0 Å². The van der Waals surface area contributed by atoms with Gasteiger partial charge in [-0.25, -0.2) is 4.79 Å². The van der Waals surface area contributed by atoms with Gasteiger partial charge in [-0.1, -0.05) is 11.6 Å². The Morgan fingerprint density at radius 3 is 2.65 bits per heavy atom. The van der Waals surface area contributed by atoms with Crippen molar-refractivity contribution in [1.82, 2.24) is 9.55 Å². The molecule has 5 nitrogen and oxygen atoms in total. The Morgan fingerprint density at radius 1 is 1.29 bits per heavy atom. The van der Waals surface area contributed by atoms with Gasteiger partial charge >= 0.3 is 5.69 Å². The van der Waals surface area contributed by atoms with Crippen LogP contribution in [0.2, 0.25) is 5.02 Å². The summed E-state index contributed by atoms with van der Waals surface area (Å²) in [6, 6.07) is 6.46. The van der Waals surface area contributed by atoms with Gasteiger partial charge in [-0.05, 0) is 18.2 Å². The number of H-pyrrole nitrogens is 1. The van der Waals surface area contributed by atoms with Crippen molar-refractivity contribution < 1.29 is 0 Å². The topological polar surface area (TPSA) is 66.9 Å². The second-order valence-electron chi connectivity index (χ2n) is 3.40. The summed E-state index contributed by atoms with van der Waals surface area (Å²) in [4.78, 5) is 24.7. The number of anilines is 1. The highest BCUT2D eigenvalue weighted by molar-refractivity contribution is 6.32. The van der Waals surface area contributed by atoms with Gasteiger partial charge in [0.15, 0.2) is 0 Å². The molecule has 1 aromatic heterocycles. The maximum absolute atomic E-state index is 11.6. The summed E-state index contributed by atoms with van der Waals surface area (Å²) in [6.45, 7) is 0. The first-order valence-corrected chi connectivity index (χ1v) is 5.29. The summed E-state index contributed by atoms with van der Waals surface area (Å²) in [6.07, 6.45) is 1.39. The normalized spacial score (nSPS) is 10.2. The first kappa shape index (κ1) is 11.5. The zero-order chi connectivity index (χ0) is 12.4. The molecule has 0 radical (unpaired) electrons. The highest BCUT2D eigenvalue weighted by Crippen LogP contribution is 2.22. The minimum absolute atomic E-state index is 0.422. The third-order valence-corrected chi connectivity index (χ3v) is 2.62. The largest absolute Gasteiger partial charge is 0.388 e. The lowest BCUT2D eigenvalue weighted by Gasteiger charge is -2.08. The van der Waals surface area contributed by atoms with Gasteiger partial charge < -0.3 is 5.32 Å². The van der Waals surface area contributed by atoms with Crippen LogP contribution in [0, 0.1) is 0 Å². The predicted molar refractivity (Wildman–Crippen MR) is 67.2 cm³/mol. The maximum atomic E-state index is 11.6. The predicted octanol–water partition coefficient (Wildman–Crippen LogP) is 1.22. The standard InChI is InChI=1S/C11H10ClN3O2/c1-13-7-2-3-9(8(12)6-7)15-5-4-10(16)14-11(15)17/h2-6,13H,1H3,(H,14,16,17). The van der Waals surface area contributed by atoms with Crippen LogP contribution in [-0.2, 0) is 0 Å². The van der Waals surface area contributed by atoms with Crippen LogP contribution in [0.3, 0.4) is 0 Å². The molecule has 2 aromatic rings. The molecule has 0 unspecified atom stereocenters. The Morgan fingerprint density at radius 2 is 2.06 bits per heavy atom. The van der Waals surface area contributed by atoms with Gasteiger partial charge in [0.05, 0.1) is 10.7 Å². The van der Waals surface area contributed by atoms with E-state index >= 15 is 0 Å². The molecule has 0 bridgehead atoms. The van der Waals surface area contributed by atoms with Gasteiger partial charge in [0.25, 0.3) is 5.56 Å². The lowest BCUT2D eigenvalue weighted by Crippen LogP contribution is -2.27. The molecule has 0 aliphatic carbocycles. The van der Waals surface area contributed by atoms with Crippen LogP contribution < -0.4 is 16.6 Å². The first-order valence-electron chi connectivity index (χ1n) is 4.91. The van der Waals surface area contributed by atoms with Gasteiger partial charge in [-0.3, -0.25) is 14.3 Å². The van der Waals surface area contributed by atoms with E-state index in [0.29, 0.717) is 10.7 Å². The molecular formula is C11H10ClN3O2. The fraction of sp³-hybridized carbons (Fsp3) is 0.0909. The smallest absolute Gasteiger partial charge is 0.332 e. The molecule has 2 N–H and O–H groups in total. The Balaban J connectivity index is 2.61. The van der Waals surface area contributed by atoms with Gasteiger partial charge in [-0.15, -0.1) is 0 Å². The summed E-state index contributed by atoms with van der Waals surface area (Å²) in [5, 5.41) is 3.36. The van der Waals surface area contributed by atoms with Crippen molar-refractivity contribution in [1.29, 1.82) is 0 Å². The minimum atomic E-state index is -0.517. The van der Waals surface area contributed by atoms with Gasteiger partial charge in [-0.2, -0.15) is 0 Å². The van der Waals surface area contributed by atoms with Crippen LogP contribution in [0.5, 0.6) is 0 Å². The van der Waals surface area contributed by atoms with Crippen LogP contribution in [0.25, 0.3) is 5.69 Å². The summed E-state index contributed by atoms with van der Waals surface area (Å²) in [7, 11) is 1.78. The third kappa shape index (κ3) is 2.24. The van der Waals surface area contributed by atoms with Crippen molar-refractivity contribution in [3.63, 3.8) is 0 Å². The van der Waals surface area contributed by atoms with Crippen LogP contribution in [0.4, 0.5) is 5.69 Å². The quantitative estimate of drug-likeness (QED) is 0.843. The molecule has 0 aliphatic heterocycles. The molecule has 0 amide bonds. The van der Waals surface area contributed by atoms with Gasteiger partial charge in [0.1, 0.15) is 0 Å². The molecule has 1 aromatic carbocycles. The fourth-order valence-corrected chi connectivity index (χ4v) is 1.74. The molecule has 1 heterocycles. The van der Waals surface area contributed by atoms with E-state index in [4.69, 9.17) is 11.6 Å². The molecule has 0 atom stereocenters. The zero-order valence-corrected chi connectivity index (χ0v) is 9.78. The molecular weight excluding hydrogens is 242 g/mol. The summed E-state index contributed by atoms with van der Waals surface area (Å²) in [5.41, 5.74) is 0.411. The molecule has 2 rings (SSSR count). The van der Waals surface area contributed by atoms with Crippen LogP contribution in [-0.4, -0.2) is 16.6 Å². The third-order valence-electron chi connectivity index (χ3n) is 2.32.